The molecule has 6 heterocycles. The van der Waals surface area contributed by atoms with Crippen LogP contribution in [0.4, 0.5) is 5.82 Å². The summed E-state index contributed by atoms with van der Waals surface area (Å²) in [5, 5.41) is 13.3. The van der Waals surface area contributed by atoms with Crippen molar-refractivity contribution in [2.75, 3.05) is 18.0 Å². The molecule has 4 aromatic rings. The third-order valence-corrected chi connectivity index (χ3v) is 8.27. The summed E-state index contributed by atoms with van der Waals surface area (Å²) in [6.45, 7) is 4.94. The van der Waals surface area contributed by atoms with Gasteiger partial charge in [0.1, 0.15) is 5.82 Å². The average molecular weight is 465 g/mol. The number of fused-ring (bicyclic) bond motifs is 2. The number of aromatic nitrogens is 5. The largest absolute Gasteiger partial charge is 0.357 e. The molecule has 7 rings (SSSR count). The Morgan fingerprint density at radius 3 is 2.80 bits per heavy atom. The number of nitrogens with one attached hydrogen (secondary N) is 1. The number of anilines is 1. The average Bonchev–Trinajstić information content (AvgIpc) is 3.67. The number of pyridine rings is 1. The maximum atomic E-state index is 6.66. The Hall–Kier alpha value is -3.78. The molecule has 0 aliphatic carbocycles. The van der Waals surface area contributed by atoms with Gasteiger partial charge in [-0.1, -0.05) is 24.3 Å². The van der Waals surface area contributed by atoms with Crippen LogP contribution >= 0.6 is 0 Å². The molecule has 1 saturated heterocycles. The minimum Gasteiger partial charge on any atom is -0.357 e. The van der Waals surface area contributed by atoms with E-state index in [1.54, 1.807) is 0 Å². The number of nitrogens with two attached hydrogens (primary N) is 1. The highest BCUT2D eigenvalue weighted by Crippen LogP contribution is 2.48. The van der Waals surface area contributed by atoms with Crippen LogP contribution in [0.15, 0.2) is 59.7 Å². The van der Waals surface area contributed by atoms with E-state index < -0.39 is 0 Å². The summed E-state index contributed by atoms with van der Waals surface area (Å²) >= 11 is 0. The second-order valence-corrected chi connectivity index (χ2v) is 10.0. The SMILES string of the molecule is Cc1c(-c2[nH]nc3nc(N4CCC5(CC4)Cn4nccc4[C@H]5N)ccc23)cccc1C1C=CC=N1. The first kappa shape index (κ1) is 20.6. The molecule has 1 spiro atoms. The van der Waals surface area contributed by atoms with Crippen molar-refractivity contribution < 1.29 is 0 Å². The maximum Gasteiger partial charge on any atom is 0.183 e. The van der Waals surface area contributed by atoms with Crippen LogP contribution in [0.25, 0.3) is 22.3 Å². The Morgan fingerprint density at radius 2 is 2.00 bits per heavy atom. The third-order valence-electron chi connectivity index (χ3n) is 8.27. The molecule has 35 heavy (non-hydrogen) atoms. The predicted molar refractivity (Wildman–Crippen MR) is 137 cm³/mol. The molecule has 8 nitrogen and oxygen atoms in total. The normalized spacial score (nSPS) is 22.5. The molecule has 3 aliphatic heterocycles. The first-order valence-electron chi connectivity index (χ1n) is 12.3. The van der Waals surface area contributed by atoms with E-state index >= 15 is 0 Å². The van der Waals surface area contributed by atoms with Gasteiger partial charge >= 0.3 is 0 Å². The second-order valence-electron chi connectivity index (χ2n) is 10.0. The van der Waals surface area contributed by atoms with E-state index in [9.17, 15) is 0 Å². The number of aliphatic imine (C=N–C) groups is 1. The number of hydrogen-bond acceptors (Lipinski definition) is 6. The van der Waals surface area contributed by atoms with Crippen molar-refractivity contribution in [1.82, 2.24) is 25.0 Å². The standard InChI is InChI=1S/C27H28N8/c1-17-18(21-6-3-12-29-21)4-2-5-19(17)24-20-7-8-23(31-26(20)33-32-24)34-14-10-27(11-15-34)16-35-22(25(27)28)9-13-30-35/h2-9,12-13,21,25H,10-11,14-16,28H2,1H3,(H,31,32,33)/t21?,25-/m1/s1. The lowest BCUT2D eigenvalue weighted by Gasteiger charge is -2.41. The van der Waals surface area contributed by atoms with Crippen LogP contribution in [0.3, 0.4) is 0 Å². The molecule has 3 N–H and O–H groups in total. The molecular formula is C27H28N8. The van der Waals surface area contributed by atoms with E-state index in [-0.39, 0.29) is 17.5 Å². The van der Waals surface area contributed by atoms with E-state index in [4.69, 9.17) is 10.7 Å². The number of benzene rings is 1. The highest BCUT2D eigenvalue weighted by Gasteiger charge is 2.47. The molecule has 0 saturated carbocycles. The zero-order valence-corrected chi connectivity index (χ0v) is 19.7. The molecule has 1 aromatic carbocycles. The number of H-pyrrole nitrogens is 1. The van der Waals surface area contributed by atoms with E-state index in [1.807, 2.05) is 18.5 Å². The molecular weight excluding hydrogens is 436 g/mol. The van der Waals surface area contributed by atoms with Gasteiger partial charge in [-0.3, -0.25) is 14.8 Å². The van der Waals surface area contributed by atoms with Crippen molar-refractivity contribution in [2.24, 2.45) is 16.1 Å². The molecule has 176 valence electrons. The smallest absolute Gasteiger partial charge is 0.183 e. The molecule has 0 radical (unpaired) electrons. The van der Waals surface area contributed by atoms with Gasteiger partial charge in [-0.25, -0.2) is 4.98 Å². The van der Waals surface area contributed by atoms with Crippen LogP contribution in [0.2, 0.25) is 0 Å². The van der Waals surface area contributed by atoms with Crippen molar-refractivity contribution in [3.63, 3.8) is 0 Å². The Balaban J connectivity index is 1.14. The zero-order valence-electron chi connectivity index (χ0n) is 19.7. The first-order valence-corrected chi connectivity index (χ1v) is 12.3. The molecule has 3 aromatic heterocycles. The molecule has 0 amide bonds. The summed E-state index contributed by atoms with van der Waals surface area (Å²) in [5.41, 5.74) is 13.3. The predicted octanol–water partition coefficient (Wildman–Crippen LogP) is 4.11. The number of allylic oxidation sites excluding steroid dienone is 1. The zero-order chi connectivity index (χ0) is 23.6. The molecule has 1 fully saturated rings. The van der Waals surface area contributed by atoms with Crippen LogP contribution < -0.4 is 10.6 Å². The van der Waals surface area contributed by atoms with Gasteiger partial charge in [-0.05, 0) is 55.2 Å². The van der Waals surface area contributed by atoms with Crippen molar-refractivity contribution in [2.45, 2.75) is 38.4 Å². The second kappa shape index (κ2) is 7.61. The molecule has 2 atom stereocenters. The summed E-state index contributed by atoms with van der Waals surface area (Å²) in [6.07, 6.45) is 9.92. The molecule has 1 unspecified atom stereocenters. The fraction of sp³-hybridized carbons (Fsp3) is 0.333. The monoisotopic (exact) mass is 464 g/mol. The lowest BCUT2D eigenvalue weighted by atomic mass is 9.73. The van der Waals surface area contributed by atoms with E-state index in [2.05, 4.69) is 79.3 Å². The van der Waals surface area contributed by atoms with Crippen molar-refractivity contribution in [1.29, 1.82) is 0 Å². The lowest BCUT2D eigenvalue weighted by molar-refractivity contribution is 0.170. The number of rotatable bonds is 3. The number of nitrogens with zero attached hydrogens (tertiary/aromatic N) is 6. The van der Waals surface area contributed by atoms with Crippen LogP contribution in [0.1, 0.15) is 41.7 Å². The molecule has 3 aliphatic rings. The van der Waals surface area contributed by atoms with Crippen LogP contribution in [0.5, 0.6) is 0 Å². The molecule has 0 bridgehead atoms. The summed E-state index contributed by atoms with van der Waals surface area (Å²) in [7, 11) is 0. The van der Waals surface area contributed by atoms with E-state index in [1.165, 1.54) is 11.1 Å². The highest BCUT2D eigenvalue weighted by atomic mass is 15.3. The Morgan fingerprint density at radius 1 is 1.11 bits per heavy atom. The Kier molecular flexibility index (Phi) is 4.48. The van der Waals surface area contributed by atoms with Crippen LogP contribution in [-0.4, -0.2) is 44.3 Å². The van der Waals surface area contributed by atoms with Gasteiger partial charge in [-0.15, -0.1) is 0 Å². The first-order chi connectivity index (χ1) is 17.1. The topological polar surface area (TPSA) is 101 Å². The van der Waals surface area contributed by atoms with Crippen LogP contribution in [-0.2, 0) is 6.54 Å². The third kappa shape index (κ3) is 3.09. The minimum atomic E-state index is 0.0564. The van der Waals surface area contributed by atoms with Crippen LogP contribution in [0, 0.1) is 12.3 Å². The number of hydrogen-bond donors (Lipinski definition) is 2. The maximum absolute atomic E-state index is 6.66. The summed E-state index contributed by atoms with van der Waals surface area (Å²) < 4.78 is 2.09. The number of piperidine rings is 1. The van der Waals surface area contributed by atoms with E-state index in [0.29, 0.717) is 0 Å². The van der Waals surface area contributed by atoms with Crippen molar-refractivity contribution in [3.05, 3.63) is 71.6 Å². The van der Waals surface area contributed by atoms with E-state index in [0.717, 1.165) is 66.3 Å². The fourth-order valence-electron chi connectivity index (χ4n) is 6.14. The van der Waals surface area contributed by atoms with Gasteiger partial charge in [0.05, 0.1) is 23.5 Å². The van der Waals surface area contributed by atoms with Gasteiger partial charge in [-0.2, -0.15) is 10.2 Å². The summed E-state index contributed by atoms with van der Waals surface area (Å²) in [6, 6.07) is 12.9. The molecule has 8 heteroatoms. The minimum absolute atomic E-state index is 0.0564. The highest BCUT2D eigenvalue weighted by molar-refractivity contribution is 5.92. The summed E-state index contributed by atoms with van der Waals surface area (Å²) in [5.74, 6) is 0.977. The van der Waals surface area contributed by atoms with Gasteiger partial charge < -0.3 is 10.6 Å². The summed E-state index contributed by atoms with van der Waals surface area (Å²) in [4.78, 5) is 11.9. The Labute approximate surface area is 203 Å². The Bertz CT molecular complexity index is 1470. The van der Waals surface area contributed by atoms with Crippen molar-refractivity contribution >= 4 is 23.1 Å². The lowest BCUT2D eigenvalue weighted by Crippen LogP contribution is -2.44. The number of aromatic amines is 1. The van der Waals surface area contributed by atoms with Gasteiger partial charge in [0, 0.05) is 48.4 Å². The van der Waals surface area contributed by atoms with Gasteiger partial charge in [0.25, 0.3) is 0 Å². The van der Waals surface area contributed by atoms with Gasteiger partial charge in [0.15, 0.2) is 5.65 Å². The van der Waals surface area contributed by atoms with Crippen molar-refractivity contribution in [3.8, 4) is 11.3 Å². The quantitative estimate of drug-likeness (QED) is 0.475. The fourth-order valence-corrected chi connectivity index (χ4v) is 6.14. The van der Waals surface area contributed by atoms with Gasteiger partial charge in [0.2, 0.25) is 0 Å².